The van der Waals surface area contributed by atoms with E-state index in [0.29, 0.717) is 3.92 Å². The van der Waals surface area contributed by atoms with Crippen molar-refractivity contribution in [3.63, 3.8) is 0 Å². The van der Waals surface area contributed by atoms with Crippen LogP contribution in [0.25, 0.3) is 0 Å². The average Bonchev–Trinajstić information content (AvgIpc) is 2.00. The molecule has 1 unspecified atom stereocenters. The van der Waals surface area contributed by atoms with Crippen molar-refractivity contribution in [3.05, 3.63) is 19.7 Å². The fraction of sp³-hybridized carbons (Fsp3) is 0.500. The zero-order chi connectivity index (χ0) is 8.27. The molecule has 1 aliphatic carbocycles. The van der Waals surface area contributed by atoms with Crippen molar-refractivity contribution in [2.75, 3.05) is 0 Å². The molecule has 0 aliphatic heterocycles. The van der Waals surface area contributed by atoms with Crippen molar-refractivity contribution < 1.29 is 19.8 Å². The van der Waals surface area contributed by atoms with Crippen molar-refractivity contribution in [1.82, 2.24) is 0 Å². The molecule has 0 aromatic rings. The van der Waals surface area contributed by atoms with Crippen molar-refractivity contribution in [2.24, 2.45) is 0 Å². The van der Waals surface area contributed by atoms with E-state index in [2.05, 4.69) is 77.1 Å². The summed E-state index contributed by atoms with van der Waals surface area (Å²) in [5.74, 6) is 0. The van der Waals surface area contributed by atoms with Gasteiger partial charge in [-0.25, -0.2) is 0 Å². The predicted molar refractivity (Wildman–Crippen MR) is 61.8 cm³/mol. The summed E-state index contributed by atoms with van der Waals surface area (Å²) in [6, 6.07) is 0. The summed E-state index contributed by atoms with van der Waals surface area (Å²) < 4.78 is 3.81. The van der Waals surface area contributed by atoms with Gasteiger partial charge in [-0.1, -0.05) is 0 Å². The van der Waals surface area contributed by atoms with E-state index in [1.165, 1.54) is 19.3 Å². The third kappa shape index (κ3) is 3.47. The maximum absolute atomic E-state index is 2.52. The average molecular weight is 554 g/mol. The van der Waals surface area contributed by atoms with Crippen molar-refractivity contribution in [3.8, 4) is 0 Å². The molecule has 0 nitrogen and oxygen atoms in total. The van der Waals surface area contributed by atoms with Crippen LogP contribution in [0.5, 0.6) is 0 Å². The Hall–Kier alpha value is 1.63. The van der Waals surface area contributed by atoms with Gasteiger partial charge in [0.05, 0.1) is 0 Å². The van der Waals surface area contributed by atoms with Crippen molar-refractivity contribution in [2.45, 2.75) is 23.2 Å². The van der Waals surface area contributed by atoms with Crippen LogP contribution in [0.3, 0.4) is 0 Å². The molecular formula is C8H9I2Pt. The van der Waals surface area contributed by atoms with Crippen LogP contribution in [0.4, 0.5) is 0 Å². The van der Waals surface area contributed by atoms with Crippen molar-refractivity contribution >= 4 is 45.2 Å². The number of allylic oxidation sites excluding steroid dienone is 4. The molecule has 11 heavy (non-hydrogen) atoms. The second-order valence-electron chi connectivity index (χ2n) is 2.43. The van der Waals surface area contributed by atoms with E-state index in [1.54, 1.807) is 7.54 Å². The molecule has 1 rings (SSSR count). The predicted octanol–water partition coefficient (Wildman–Crippen LogP) is 3.72. The van der Waals surface area contributed by atoms with E-state index >= 15 is 0 Å². The summed E-state index contributed by atoms with van der Waals surface area (Å²) in [5.41, 5.74) is 0. The quantitative estimate of drug-likeness (QED) is 0.244. The first-order valence-corrected chi connectivity index (χ1v) is 6.98. The third-order valence-electron chi connectivity index (χ3n) is 1.54. The van der Waals surface area contributed by atoms with E-state index in [4.69, 9.17) is 0 Å². The molecule has 0 heterocycles. The first-order chi connectivity index (χ1) is 5.22. The molecule has 0 saturated heterocycles. The van der Waals surface area contributed by atoms with Gasteiger partial charge in [0.15, 0.2) is 0 Å². The van der Waals surface area contributed by atoms with Crippen LogP contribution >= 0.6 is 45.2 Å². The number of rotatable bonds is 0. The van der Waals surface area contributed by atoms with Gasteiger partial charge in [0.1, 0.15) is 0 Å². The Kier molecular flexibility index (Phi) is 5.23. The minimum atomic E-state index is 0.706. The molecule has 1 atom stereocenters. The molecule has 0 N–H and O–H groups in total. The van der Waals surface area contributed by atoms with Gasteiger partial charge in [-0.05, 0) is 0 Å². The Morgan fingerprint density at radius 2 is 2.18 bits per heavy atom. The second kappa shape index (κ2) is 5.38. The van der Waals surface area contributed by atoms with Crippen LogP contribution in [-0.2, 0) is 19.8 Å². The van der Waals surface area contributed by atoms with E-state index in [-0.39, 0.29) is 0 Å². The topological polar surface area (TPSA) is 0 Å². The van der Waals surface area contributed by atoms with Gasteiger partial charge in [-0.3, -0.25) is 0 Å². The van der Waals surface area contributed by atoms with E-state index in [9.17, 15) is 0 Å². The second-order valence-corrected chi connectivity index (χ2v) is 6.47. The Morgan fingerprint density at radius 1 is 1.45 bits per heavy atom. The molecule has 0 aromatic heterocycles. The van der Waals surface area contributed by atoms with Gasteiger partial charge >= 0.3 is 108 Å². The molecule has 0 radical (unpaired) electrons. The zero-order valence-electron chi connectivity index (χ0n) is 5.93. The van der Waals surface area contributed by atoms with Gasteiger partial charge in [0.2, 0.25) is 0 Å². The fourth-order valence-electron chi connectivity index (χ4n) is 0.918. The van der Waals surface area contributed by atoms with Gasteiger partial charge < -0.3 is 0 Å². The molecule has 0 spiro atoms. The summed E-state index contributed by atoms with van der Waals surface area (Å²) in [6.45, 7) is 0. The van der Waals surface area contributed by atoms with E-state index in [1.807, 2.05) is 0 Å². The third-order valence-corrected chi connectivity index (χ3v) is 7.51. The zero-order valence-corrected chi connectivity index (χ0v) is 12.5. The minimum absolute atomic E-state index is 0.706. The van der Waals surface area contributed by atoms with Crippen LogP contribution in [0.15, 0.2) is 19.7 Å². The molecule has 0 saturated carbocycles. The summed E-state index contributed by atoms with van der Waals surface area (Å²) in [6.07, 6.45) is 8.25. The molecule has 1 aliphatic rings. The number of hydrogen-bond donors (Lipinski definition) is 0. The van der Waals surface area contributed by atoms with Crippen molar-refractivity contribution in [1.29, 1.82) is 0 Å². The van der Waals surface area contributed by atoms with E-state index in [0.717, 1.165) is 0 Å². The Morgan fingerprint density at radius 3 is 2.91 bits per heavy atom. The SMILES string of the molecule is I/C1=[C](\[Pt])CC/C=C\CC1I. The summed E-state index contributed by atoms with van der Waals surface area (Å²) in [7, 11) is 0. The van der Waals surface area contributed by atoms with Gasteiger partial charge in [0.25, 0.3) is 0 Å². The van der Waals surface area contributed by atoms with Crippen LogP contribution < -0.4 is 0 Å². The molecule has 0 bridgehead atoms. The Balaban J connectivity index is 2.72. The molecular weight excluding hydrogens is 545 g/mol. The van der Waals surface area contributed by atoms with Crippen LogP contribution in [0.2, 0.25) is 0 Å². The fourth-order valence-corrected chi connectivity index (χ4v) is 3.45. The molecule has 0 fully saturated rings. The van der Waals surface area contributed by atoms with Crippen LogP contribution in [-0.4, -0.2) is 3.92 Å². The summed E-state index contributed by atoms with van der Waals surface area (Å²) in [4.78, 5) is 0. The van der Waals surface area contributed by atoms with Crippen LogP contribution in [0, 0.1) is 0 Å². The summed E-state index contributed by atoms with van der Waals surface area (Å²) >= 11 is 7.46. The number of alkyl halides is 1. The number of halogens is 2. The van der Waals surface area contributed by atoms with Gasteiger partial charge in [-0.2, -0.15) is 0 Å². The van der Waals surface area contributed by atoms with Gasteiger partial charge in [0, 0.05) is 0 Å². The first kappa shape index (κ1) is 10.7. The van der Waals surface area contributed by atoms with E-state index < -0.39 is 0 Å². The Labute approximate surface area is 106 Å². The molecule has 3 heteroatoms. The molecule has 0 aromatic carbocycles. The molecule has 0 amide bonds. The van der Waals surface area contributed by atoms with Gasteiger partial charge in [-0.15, -0.1) is 0 Å². The monoisotopic (exact) mass is 554 g/mol. The normalized spacial score (nSPS) is 36.2. The Bertz CT molecular complexity index is 196. The van der Waals surface area contributed by atoms with Crippen LogP contribution in [0.1, 0.15) is 19.3 Å². The summed E-state index contributed by atoms with van der Waals surface area (Å²) in [5, 5.41) is 0. The molecule has 65 valence electrons. The standard InChI is InChI=1S/C8H9I2.Pt/c9-7-5-3-1-2-4-6-8(7)10;/h1,3,7H,2,4-5H2;/b3-1-,8-6?;. The number of hydrogen-bond acceptors (Lipinski definition) is 0. The first-order valence-electron chi connectivity index (χ1n) is 3.52. The maximum atomic E-state index is 2.52.